The summed E-state index contributed by atoms with van der Waals surface area (Å²) in [5.74, 6) is 5.96. The van der Waals surface area contributed by atoms with Crippen LogP contribution in [0.2, 0.25) is 15.5 Å². The Morgan fingerprint density at radius 3 is 1.62 bits per heavy atom. The summed E-state index contributed by atoms with van der Waals surface area (Å²) in [4.78, 5) is 43.1. The Labute approximate surface area is 470 Å². The number of halogens is 3. The van der Waals surface area contributed by atoms with Crippen LogP contribution >= 0.6 is 34.8 Å². The van der Waals surface area contributed by atoms with Crippen LogP contribution in [-0.2, 0) is 19.2 Å². The number of hydrogen-bond acceptors (Lipinski definition) is 13. The number of pyridine rings is 2. The zero-order valence-corrected chi connectivity index (χ0v) is 45.8. The third-order valence-electron chi connectivity index (χ3n) is 11.1. The van der Waals surface area contributed by atoms with E-state index in [0.717, 1.165) is 48.7 Å². The molecule has 1 N–H and O–H groups in total. The average Bonchev–Trinajstić information content (AvgIpc) is 4.08. The second kappa shape index (κ2) is 26.4. The Bertz CT molecular complexity index is 2030. The molecule has 4 aromatic rings. The van der Waals surface area contributed by atoms with Crippen LogP contribution in [0.3, 0.4) is 0 Å². The van der Waals surface area contributed by atoms with Crippen molar-refractivity contribution in [3.05, 3.63) is 75.4 Å². The van der Waals surface area contributed by atoms with E-state index in [-0.39, 0.29) is 137 Å². The van der Waals surface area contributed by atoms with Crippen molar-refractivity contribution in [1.82, 2.24) is 29.9 Å². The summed E-state index contributed by atoms with van der Waals surface area (Å²) in [6.07, 6.45) is 14.6. The van der Waals surface area contributed by atoms with Crippen LogP contribution in [0.4, 0.5) is 0 Å². The topological polar surface area (TPSA) is 193 Å². The summed E-state index contributed by atoms with van der Waals surface area (Å²) in [7, 11) is 0. The van der Waals surface area contributed by atoms with E-state index in [1.54, 1.807) is 50.0 Å². The molecular formula is C43H55Cl3K2N6O9. The molecule has 0 aliphatic heterocycles. The molecule has 20 heteroatoms. The van der Waals surface area contributed by atoms with E-state index in [2.05, 4.69) is 30.2 Å². The number of esters is 2. The SMILES string of the molecule is CC(C)(C)OC(=O)c1ccc(-n2ccc(OCC3C4CCC3CC4)n2)nc1Cl.CC(C)(C)OC(=O)c1ccc(Cl)nc1Cl.O=CO[O-].[H-].[K+].[K+].c1cc(OCC2C3CCC2CC3)[nH]n1. The molecule has 63 heavy (non-hydrogen) atoms. The average molecular weight is 985 g/mol. The van der Waals surface area contributed by atoms with Gasteiger partial charge in [-0.1, -0.05) is 34.8 Å². The number of fused-ring (bicyclic) bond motifs is 4. The zero-order chi connectivity index (χ0) is 44.3. The monoisotopic (exact) mass is 982 g/mol. The van der Waals surface area contributed by atoms with Crippen LogP contribution in [0.1, 0.15) is 115 Å². The molecule has 4 fully saturated rings. The molecule has 4 saturated carbocycles. The number of nitrogens with zero attached hydrogens (tertiary/aromatic N) is 5. The van der Waals surface area contributed by atoms with Crippen LogP contribution in [0.25, 0.3) is 5.82 Å². The zero-order valence-electron chi connectivity index (χ0n) is 38.3. The van der Waals surface area contributed by atoms with Gasteiger partial charge in [0.2, 0.25) is 11.8 Å². The van der Waals surface area contributed by atoms with Crippen molar-refractivity contribution in [3.8, 4) is 17.6 Å². The molecule has 8 rings (SSSR count). The van der Waals surface area contributed by atoms with Crippen LogP contribution in [0.5, 0.6) is 11.8 Å². The van der Waals surface area contributed by atoms with Gasteiger partial charge in [-0.2, -0.15) is 5.10 Å². The van der Waals surface area contributed by atoms with Gasteiger partial charge in [0, 0.05) is 18.3 Å². The molecule has 0 atom stereocenters. The molecule has 4 aliphatic carbocycles. The van der Waals surface area contributed by atoms with Crippen LogP contribution in [-0.4, -0.2) is 72.8 Å². The third kappa shape index (κ3) is 17.5. The van der Waals surface area contributed by atoms with Crippen LogP contribution < -0.4 is 118 Å². The van der Waals surface area contributed by atoms with Crippen LogP contribution in [0.15, 0.2) is 48.8 Å². The van der Waals surface area contributed by atoms with Crippen molar-refractivity contribution < 1.29 is 148 Å². The first-order chi connectivity index (χ1) is 28.9. The van der Waals surface area contributed by atoms with E-state index >= 15 is 0 Å². The first-order valence-electron chi connectivity index (χ1n) is 20.4. The fourth-order valence-electron chi connectivity index (χ4n) is 8.45. The number of rotatable bonds is 10. The number of hydrogen-bond donors (Lipinski definition) is 1. The first-order valence-corrected chi connectivity index (χ1v) is 21.6. The smallest absolute Gasteiger partial charge is 1.00 e. The molecule has 15 nitrogen and oxygen atoms in total. The Morgan fingerprint density at radius 2 is 1.21 bits per heavy atom. The molecule has 0 unspecified atom stereocenters. The number of nitrogens with one attached hydrogen (secondary N) is 1. The van der Waals surface area contributed by atoms with Crippen molar-refractivity contribution >= 4 is 53.2 Å². The van der Waals surface area contributed by atoms with Crippen molar-refractivity contribution in [3.63, 3.8) is 0 Å². The van der Waals surface area contributed by atoms with Gasteiger partial charge in [-0.15, -0.1) is 5.10 Å². The molecule has 334 valence electrons. The van der Waals surface area contributed by atoms with Gasteiger partial charge in [-0.3, -0.25) is 4.79 Å². The molecule has 0 radical (unpaired) electrons. The van der Waals surface area contributed by atoms with Gasteiger partial charge in [-0.05, 0) is 153 Å². The standard InChI is InChI=1S/C21H26ClN3O3.C11H16N2O.C10H11Cl2NO2.CH2O3.2K.H/c1-21(2,3)28-20(26)15-8-9-17(23-19(15)22)25-11-10-18(24-25)27-12-16-13-4-5-14(16)7-6-13;1-2-9-4-3-8(1)10(9)7-14-11-5-6-12-13-11;1-10(2,3)15-9(14)6-4-5-7(11)13-8(6)12;2-1-4-3;;;/h8-11,13-14,16H,4-7,12H2,1-3H3;5-6,8-10H,1-4,7H2,(H,12,13);4-5H,1-3H3;1,3H;;;/q;;;;2*+1;-1/p-1. The molecular weight excluding hydrogens is 929 g/mol. The summed E-state index contributed by atoms with van der Waals surface area (Å²) in [6, 6.07) is 10.00. The van der Waals surface area contributed by atoms with Crippen molar-refractivity contribution in [2.75, 3.05) is 13.2 Å². The van der Waals surface area contributed by atoms with Gasteiger partial charge < -0.3 is 30.5 Å². The van der Waals surface area contributed by atoms with Gasteiger partial charge in [0.1, 0.15) is 26.7 Å². The summed E-state index contributed by atoms with van der Waals surface area (Å²) in [5.41, 5.74) is -0.691. The van der Waals surface area contributed by atoms with E-state index in [1.807, 2.05) is 32.9 Å². The van der Waals surface area contributed by atoms with Gasteiger partial charge >= 0.3 is 115 Å². The number of aromatic amines is 1. The fraction of sp³-hybridized carbons (Fsp3) is 0.558. The first kappa shape index (κ1) is 56.2. The predicted octanol–water partition coefficient (Wildman–Crippen LogP) is 2.81. The van der Waals surface area contributed by atoms with Gasteiger partial charge in [0.25, 0.3) is 6.47 Å². The Balaban J connectivity index is 0.000000333. The Morgan fingerprint density at radius 1 is 0.746 bits per heavy atom. The van der Waals surface area contributed by atoms with Crippen molar-refractivity contribution in [2.24, 2.45) is 35.5 Å². The largest absolute Gasteiger partial charge is 1.00 e. The molecule has 0 saturated heterocycles. The summed E-state index contributed by atoms with van der Waals surface area (Å²) in [6.45, 7) is 12.2. The maximum Gasteiger partial charge on any atom is 1.00 e. The van der Waals surface area contributed by atoms with E-state index in [0.29, 0.717) is 17.6 Å². The molecule has 4 aliphatic rings. The summed E-state index contributed by atoms with van der Waals surface area (Å²) >= 11 is 17.6. The number of aromatic nitrogens is 6. The molecule has 4 bridgehead atoms. The Hall–Kier alpha value is -1.17. The van der Waals surface area contributed by atoms with Crippen molar-refractivity contribution in [2.45, 2.75) is 104 Å². The minimum Gasteiger partial charge on any atom is -1.00 e. The maximum atomic E-state index is 12.2. The van der Waals surface area contributed by atoms with Gasteiger partial charge in [-0.25, -0.2) is 29.3 Å². The second-order valence-electron chi connectivity index (χ2n) is 17.5. The van der Waals surface area contributed by atoms with Crippen molar-refractivity contribution in [1.29, 1.82) is 0 Å². The fourth-order valence-corrected chi connectivity index (χ4v) is 9.10. The normalized spacial score (nSPS) is 21.4. The molecule has 0 amide bonds. The van der Waals surface area contributed by atoms with E-state index in [9.17, 15) is 9.59 Å². The van der Waals surface area contributed by atoms with Gasteiger partial charge in [0.05, 0.1) is 30.5 Å². The number of carbonyl (C=O) groups is 3. The number of carbonyl (C=O) groups excluding carboxylic acids is 3. The van der Waals surface area contributed by atoms with E-state index < -0.39 is 23.1 Å². The van der Waals surface area contributed by atoms with Crippen LogP contribution in [0, 0.1) is 35.5 Å². The summed E-state index contributed by atoms with van der Waals surface area (Å²) < 4.78 is 23.7. The quantitative estimate of drug-likeness (QED) is 0.0610. The van der Waals surface area contributed by atoms with E-state index in [1.165, 1.54) is 63.5 Å². The minimum absolute atomic E-state index is 0. The van der Waals surface area contributed by atoms with E-state index in [4.69, 9.17) is 63.8 Å². The molecule has 0 aromatic carbocycles. The third-order valence-corrected chi connectivity index (χ3v) is 11.9. The van der Waals surface area contributed by atoms with Gasteiger partial charge in [0.15, 0.2) is 5.82 Å². The second-order valence-corrected chi connectivity index (χ2v) is 18.6. The summed E-state index contributed by atoms with van der Waals surface area (Å²) in [5, 5.41) is 20.0. The number of H-pyrrole nitrogens is 1. The number of ether oxygens (including phenoxy) is 4. The maximum absolute atomic E-state index is 12.2. The molecule has 4 aromatic heterocycles. The predicted molar refractivity (Wildman–Crippen MR) is 227 cm³/mol. The minimum atomic E-state index is -0.591. The Kier molecular flexibility index (Phi) is 23.5. The molecule has 4 heterocycles. The molecule has 0 spiro atoms.